The largest absolute Gasteiger partial charge is 0.416 e. The Kier molecular flexibility index (Phi) is 4.74. The Balaban J connectivity index is 2.21. The van der Waals surface area contributed by atoms with Gasteiger partial charge in [0.05, 0.1) is 16.3 Å². The fourth-order valence-electron chi connectivity index (χ4n) is 1.68. The number of halogens is 6. The van der Waals surface area contributed by atoms with Crippen molar-refractivity contribution in [3.05, 3.63) is 58.6 Å². The molecule has 23 heavy (non-hydrogen) atoms. The lowest BCUT2D eigenvalue weighted by atomic mass is 10.2. The van der Waals surface area contributed by atoms with Gasteiger partial charge in [-0.2, -0.15) is 13.2 Å². The molecule has 0 saturated heterocycles. The first-order chi connectivity index (χ1) is 10.7. The molecule has 0 aromatic heterocycles. The van der Waals surface area contributed by atoms with Crippen LogP contribution in [0.15, 0.2) is 36.4 Å². The maximum atomic E-state index is 13.4. The summed E-state index contributed by atoms with van der Waals surface area (Å²) in [5.41, 5.74) is -2.11. The van der Waals surface area contributed by atoms with Crippen LogP contribution in [0, 0.1) is 11.6 Å². The summed E-state index contributed by atoms with van der Waals surface area (Å²) in [5, 5.41) is 3.72. The van der Waals surface area contributed by atoms with Gasteiger partial charge in [0.15, 0.2) is 0 Å². The number of amides is 2. The molecule has 0 radical (unpaired) electrons. The van der Waals surface area contributed by atoms with E-state index in [2.05, 4.69) is 0 Å². The van der Waals surface area contributed by atoms with E-state index in [1.165, 1.54) is 0 Å². The molecule has 2 N–H and O–H groups in total. The molecule has 0 aliphatic rings. The second kappa shape index (κ2) is 6.41. The van der Waals surface area contributed by atoms with Gasteiger partial charge in [-0.1, -0.05) is 17.7 Å². The SMILES string of the molecule is O=C(Nc1cc(C(F)(F)F)ccc1Cl)Nc1c(F)cccc1F. The van der Waals surface area contributed by atoms with E-state index < -0.39 is 35.1 Å². The number of carbonyl (C=O) groups excluding carboxylic acids is 1. The van der Waals surface area contributed by atoms with Crippen LogP contribution >= 0.6 is 11.6 Å². The Bertz CT molecular complexity index is 728. The van der Waals surface area contributed by atoms with Crippen molar-refractivity contribution in [2.45, 2.75) is 6.18 Å². The van der Waals surface area contributed by atoms with Gasteiger partial charge in [0.2, 0.25) is 0 Å². The van der Waals surface area contributed by atoms with Crippen LogP contribution in [0.2, 0.25) is 5.02 Å². The minimum atomic E-state index is -4.63. The Hall–Kier alpha value is -2.35. The molecule has 0 aliphatic carbocycles. The van der Waals surface area contributed by atoms with Crippen LogP contribution < -0.4 is 10.6 Å². The third-order valence-corrected chi connectivity index (χ3v) is 3.07. The summed E-state index contributed by atoms with van der Waals surface area (Å²) >= 11 is 5.70. The second-order valence-electron chi connectivity index (χ2n) is 4.37. The second-order valence-corrected chi connectivity index (χ2v) is 4.78. The van der Waals surface area contributed by atoms with Crippen LogP contribution in [-0.2, 0) is 6.18 Å². The summed E-state index contributed by atoms with van der Waals surface area (Å²) in [6.45, 7) is 0. The number of carbonyl (C=O) groups is 1. The van der Waals surface area contributed by atoms with Crippen LogP contribution in [0.1, 0.15) is 5.56 Å². The van der Waals surface area contributed by atoms with Crippen molar-refractivity contribution < 1.29 is 26.7 Å². The van der Waals surface area contributed by atoms with E-state index in [-0.39, 0.29) is 10.7 Å². The first-order valence-corrected chi connectivity index (χ1v) is 6.45. The Morgan fingerprint density at radius 2 is 1.61 bits per heavy atom. The third kappa shape index (κ3) is 4.10. The van der Waals surface area contributed by atoms with Crippen molar-refractivity contribution >= 4 is 29.0 Å². The average Bonchev–Trinajstić information content (AvgIpc) is 2.44. The molecular formula is C14H8ClF5N2O. The highest BCUT2D eigenvalue weighted by molar-refractivity contribution is 6.33. The first-order valence-electron chi connectivity index (χ1n) is 6.07. The zero-order valence-electron chi connectivity index (χ0n) is 11.1. The number of anilines is 2. The maximum Gasteiger partial charge on any atom is 0.416 e. The lowest BCUT2D eigenvalue weighted by molar-refractivity contribution is -0.137. The maximum absolute atomic E-state index is 13.4. The monoisotopic (exact) mass is 350 g/mol. The third-order valence-electron chi connectivity index (χ3n) is 2.74. The van der Waals surface area contributed by atoms with E-state index in [0.717, 1.165) is 30.3 Å². The number of hydrogen-bond acceptors (Lipinski definition) is 1. The number of hydrogen-bond donors (Lipinski definition) is 2. The molecule has 0 unspecified atom stereocenters. The van der Waals surface area contributed by atoms with Gasteiger partial charge in [0.25, 0.3) is 0 Å². The van der Waals surface area contributed by atoms with E-state index in [9.17, 15) is 26.7 Å². The lowest BCUT2D eigenvalue weighted by Crippen LogP contribution is -2.21. The van der Waals surface area contributed by atoms with E-state index in [0.29, 0.717) is 6.07 Å². The summed E-state index contributed by atoms with van der Waals surface area (Å²) < 4.78 is 64.6. The first kappa shape index (κ1) is 17.0. The zero-order chi connectivity index (χ0) is 17.2. The highest BCUT2D eigenvalue weighted by atomic mass is 35.5. The normalized spacial score (nSPS) is 11.2. The van der Waals surface area contributed by atoms with Crippen LogP contribution in [0.3, 0.4) is 0 Å². The van der Waals surface area contributed by atoms with E-state index >= 15 is 0 Å². The molecular weight excluding hydrogens is 343 g/mol. The molecule has 0 atom stereocenters. The number of urea groups is 1. The van der Waals surface area contributed by atoms with Crippen molar-refractivity contribution in [2.24, 2.45) is 0 Å². The summed E-state index contributed by atoms with van der Waals surface area (Å²) in [7, 11) is 0. The Morgan fingerprint density at radius 1 is 1.00 bits per heavy atom. The van der Waals surface area contributed by atoms with Crippen molar-refractivity contribution in [3.8, 4) is 0 Å². The van der Waals surface area contributed by atoms with Gasteiger partial charge in [0.1, 0.15) is 17.3 Å². The molecule has 2 rings (SSSR count). The lowest BCUT2D eigenvalue weighted by Gasteiger charge is -2.13. The summed E-state index contributed by atoms with van der Waals surface area (Å²) in [5.74, 6) is -2.06. The molecule has 0 spiro atoms. The standard InChI is InChI=1S/C14H8ClF5N2O/c15-8-5-4-7(14(18,19)20)6-11(8)21-13(23)22-12-9(16)2-1-3-10(12)17/h1-6H,(H2,21,22,23). The molecule has 0 fully saturated rings. The van der Waals surface area contributed by atoms with Gasteiger partial charge < -0.3 is 10.6 Å². The Labute approximate surface area is 132 Å². The molecule has 0 saturated carbocycles. The van der Waals surface area contributed by atoms with Gasteiger partial charge >= 0.3 is 12.2 Å². The zero-order valence-corrected chi connectivity index (χ0v) is 11.9. The molecule has 2 aromatic rings. The highest BCUT2D eigenvalue weighted by Crippen LogP contribution is 2.33. The van der Waals surface area contributed by atoms with E-state index in [1.807, 2.05) is 10.6 Å². The quantitative estimate of drug-likeness (QED) is 0.711. The predicted octanol–water partition coefficient (Wildman–Crippen LogP) is 5.28. The highest BCUT2D eigenvalue weighted by Gasteiger charge is 2.31. The fourth-order valence-corrected chi connectivity index (χ4v) is 1.85. The molecule has 3 nitrogen and oxygen atoms in total. The van der Waals surface area contributed by atoms with Crippen LogP contribution in [0.4, 0.5) is 38.1 Å². The van der Waals surface area contributed by atoms with Gasteiger partial charge in [-0.15, -0.1) is 0 Å². The van der Waals surface area contributed by atoms with Crippen LogP contribution in [0.25, 0.3) is 0 Å². The Morgan fingerprint density at radius 3 is 2.17 bits per heavy atom. The summed E-state index contributed by atoms with van der Waals surface area (Å²) in [4.78, 5) is 11.7. The molecule has 0 heterocycles. The number of rotatable bonds is 2. The molecule has 0 aliphatic heterocycles. The molecule has 2 aromatic carbocycles. The minimum Gasteiger partial charge on any atom is -0.306 e. The van der Waals surface area contributed by atoms with E-state index in [1.54, 1.807) is 0 Å². The topological polar surface area (TPSA) is 41.1 Å². The van der Waals surface area contributed by atoms with Crippen LogP contribution in [0.5, 0.6) is 0 Å². The van der Waals surface area contributed by atoms with Crippen molar-refractivity contribution in [1.29, 1.82) is 0 Å². The number of nitrogens with one attached hydrogen (secondary N) is 2. The molecule has 0 bridgehead atoms. The van der Waals surface area contributed by atoms with Crippen molar-refractivity contribution in [3.63, 3.8) is 0 Å². The summed E-state index contributed by atoms with van der Waals surface area (Å²) in [6, 6.07) is 4.07. The smallest absolute Gasteiger partial charge is 0.306 e. The van der Waals surface area contributed by atoms with Crippen molar-refractivity contribution in [2.75, 3.05) is 10.6 Å². The van der Waals surface area contributed by atoms with E-state index in [4.69, 9.17) is 11.6 Å². The van der Waals surface area contributed by atoms with Crippen LogP contribution in [-0.4, -0.2) is 6.03 Å². The number of benzene rings is 2. The number of alkyl halides is 3. The average molecular weight is 351 g/mol. The van der Waals surface area contributed by atoms with Crippen molar-refractivity contribution in [1.82, 2.24) is 0 Å². The molecule has 9 heteroatoms. The van der Waals surface area contributed by atoms with Gasteiger partial charge in [-0.3, -0.25) is 0 Å². The predicted molar refractivity (Wildman–Crippen MR) is 75.5 cm³/mol. The van der Waals surface area contributed by atoms with Gasteiger partial charge in [0, 0.05) is 0 Å². The van der Waals surface area contributed by atoms with Gasteiger partial charge in [-0.25, -0.2) is 13.6 Å². The summed E-state index contributed by atoms with van der Waals surface area (Å²) in [6.07, 6.45) is -4.63. The minimum absolute atomic E-state index is 0.165. The van der Waals surface area contributed by atoms with Gasteiger partial charge in [-0.05, 0) is 30.3 Å². The number of para-hydroxylation sites is 1. The molecule has 122 valence electrons. The fraction of sp³-hybridized carbons (Fsp3) is 0.0714. The molecule has 2 amide bonds.